The lowest BCUT2D eigenvalue weighted by atomic mass is 9.97. The van der Waals surface area contributed by atoms with E-state index in [1.807, 2.05) is 18.2 Å². The summed E-state index contributed by atoms with van der Waals surface area (Å²) >= 11 is 1.73. The summed E-state index contributed by atoms with van der Waals surface area (Å²) in [4.78, 5) is 25.6. The van der Waals surface area contributed by atoms with E-state index in [0.29, 0.717) is 19.3 Å². The molecule has 27 heavy (non-hydrogen) atoms. The summed E-state index contributed by atoms with van der Waals surface area (Å²) in [6, 6.07) is 12.5. The summed E-state index contributed by atoms with van der Waals surface area (Å²) in [7, 11) is 0. The van der Waals surface area contributed by atoms with E-state index in [9.17, 15) is 9.90 Å². The van der Waals surface area contributed by atoms with Crippen molar-refractivity contribution >= 4 is 33.3 Å². The molecule has 6 heteroatoms. The van der Waals surface area contributed by atoms with Gasteiger partial charge in [0.25, 0.3) is 0 Å². The molecule has 0 unspecified atom stereocenters. The second kappa shape index (κ2) is 7.64. The summed E-state index contributed by atoms with van der Waals surface area (Å²) in [5, 5.41) is 10.4. The SMILES string of the molecule is CCc1cc2c(N3CCC(C(=O)O)CC3)nc(Cc3ccccc3)nc2s1. The number of anilines is 1. The third-order valence-electron chi connectivity index (χ3n) is 5.17. The number of carboxylic acids is 1. The van der Waals surface area contributed by atoms with E-state index in [1.54, 1.807) is 11.3 Å². The maximum atomic E-state index is 11.3. The van der Waals surface area contributed by atoms with Crippen LogP contribution in [0.2, 0.25) is 0 Å². The van der Waals surface area contributed by atoms with Gasteiger partial charge in [-0.1, -0.05) is 37.3 Å². The van der Waals surface area contributed by atoms with Crippen LogP contribution in [0.15, 0.2) is 36.4 Å². The fourth-order valence-corrected chi connectivity index (χ4v) is 4.59. The number of aryl methyl sites for hydroxylation is 1. The number of nitrogens with zero attached hydrogens (tertiary/aromatic N) is 3. The van der Waals surface area contributed by atoms with E-state index in [-0.39, 0.29) is 5.92 Å². The van der Waals surface area contributed by atoms with Crippen LogP contribution >= 0.6 is 11.3 Å². The van der Waals surface area contributed by atoms with Crippen molar-refractivity contribution in [2.75, 3.05) is 18.0 Å². The Hall–Kier alpha value is -2.47. The number of benzene rings is 1. The molecule has 1 aliphatic heterocycles. The monoisotopic (exact) mass is 381 g/mol. The fraction of sp³-hybridized carbons (Fsp3) is 0.381. The lowest BCUT2D eigenvalue weighted by Gasteiger charge is -2.31. The molecule has 0 aliphatic carbocycles. The van der Waals surface area contributed by atoms with Gasteiger partial charge in [-0.05, 0) is 30.9 Å². The number of aliphatic carboxylic acids is 1. The standard InChI is InChI=1S/C21H23N3O2S/c1-2-16-13-17-19(24-10-8-15(9-11-24)21(25)26)22-18(23-20(17)27-16)12-14-6-4-3-5-7-14/h3-7,13,15H,2,8-12H2,1H3,(H,25,26). The van der Waals surface area contributed by atoms with Crippen molar-refractivity contribution in [3.63, 3.8) is 0 Å². The number of fused-ring (bicyclic) bond motifs is 1. The average molecular weight is 382 g/mol. The number of aromatic nitrogens is 2. The molecule has 0 radical (unpaired) electrons. The number of thiophene rings is 1. The Balaban J connectivity index is 1.69. The minimum atomic E-state index is -0.684. The molecule has 0 amide bonds. The van der Waals surface area contributed by atoms with Gasteiger partial charge in [0.05, 0.1) is 11.3 Å². The van der Waals surface area contributed by atoms with Crippen molar-refractivity contribution in [1.82, 2.24) is 9.97 Å². The summed E-state index contributed by atoms with van der Waals surface area (Å²) in [5.41, 5.74) is 1.19. The van der Waals surface area contributed by atoms with Crippen molar-refractivity contribution < 1.29 is 9.90 Å². The Labute approximate surface area is 162 Å². The van der Waals surface area contributed by atoms with Gasteiger partial charge in [-0.2, -0.15) is 0 Å². The van der Waals surface area contributed by atoms with Crippen molar-refractivity contribution in [2.24, 2.45) is 5.92 Å². The maximum Gasteiger partial charge on any atom is 0.306 e. The van der Waals surface area contributed by atoms with Gasteiger partial charge in [0.15, 0.2) is 0 Å². The van der Waals surface area contributed by atoms with Crippen molar-refractivity contribution in [3.8, 4) is 0 Å². The molecule has 1 saturated heterocycles. The molecule has 1 fully saturated rings. The first-order valence-corrected chi connectivity index (χ1v) is 10.3. The quantitative estimate of drug-likeness (QED) is 0.719. The van der Waals surface area contributed by atoms with Crippen molar-refractivity contribution in [2.45, 2.75) is 32.6 Å². The van der Waals surface area contributed by atoms with Crippen LogP contribution in [0, 0.1) is 5.92 Å². The van der Waals surface area contributed by atoms with E-state index in [4.69, 9.17) is 9.97 Å². The van der Waals surface area contributed by atoms with Crippen LogP contribution in [-0.2, 0) is 17.6 Å². The number of hydrogen-bond acceptors (Lipinski definition) is 5. The van der Waals surface area contributed by atoms with Crippen LogP contribution in [0.4, 0.5) is 5.82 Å². The molecule has 2 aromatic heterocycles. The van der Waals surface area contributed by atoms with E-state index in [0.717, 1.165) is 41.4 Å². The number of rotatable bonds is 5. The second-order valence-corrected chi connectivity index (χ2v) is 8.13. The zero-order valence-corrected chi connectivity index (χ0v) is 16.2. The normalized spacial score (nSPS) is 15.4. The van der Waals surface area contributed by atoms with Gasteiger partial charge in [-0.25, -0.2) is 9.97 Å². The Morgan fingerprint density at radius 2 is 1.96 bits per heavy atom. The minimum Gasteiger partial charge on any atom is -0.481 e. The Morgan fingerprint density at radius 1 is 1.22 bits per heavy atom. The molecule has 0 bridgehead atoms. The highest BCUT2D eigenvalue weighted by Crippen LogP contribution is 2.33. The Morgan fingerprint density at radius 3 is 2.63 bits per heavy atom. The molecule has 4 rings (SSSR count). The molecule has 140 valence electrons. The molecular formula is C21H23N3O2S. The molecule has 1 aromatic carbocycles. The smallest absolute Gasteiger partial charge is 0.306 e. The molecule has 0 spiro atoms. The molecule has 3 aromatic rings. The van der Waals surface area contributed by atoms with Gasteiger partial charge < -0.3 is 10.0 Å². The maximum absolute atomic E-state index is 11.3. The number of carbonyl (C=O) groups is 1. The van der Waals surface area contributed by atoms with Gasteiger partial charge in [0.2, 0.25) is 0 Å². The zero-order chi connectivity index (χ0) is 18.8. The van der Waals surface area contributed by atoms with Crippen LogP contribution in [-0.4, -0.2) is 34.1 Å². The third kappa shape index (κ3) is 3.81. The lowest BCUT2D eigenvalue weighted by Crippen LogP contribution is -2.37. The van der Waals surface area contributed by atoms with E-state index < -0.39 is 5.97 Å². The van der Waals surface area contributed by atoms with Crippen LogP contribution < -0.4 is 4.90 Å². The average Bonchev–Trinajstić information content (AvgIpc) is 3.11. The summed E-state index contributed by atoms with van der Waals surface area (Å²) < 4.78 is 0. The summed E-state index contributed by atoms with van der Waals surface area (Å²) in [6.45, 7) is 3.61. The minimum absolute atomic E-state index is 0.240. The van der Waals surface area contributed by atoms with Gasteiger partial charge in [-0.15, -0.1) is 11.3 Å². The molecule has 0 atom stereocenters. The predicted octanol–water partition coefficient (Wildman–Crippen LogP) is 4.15. The van der Waals surface area contributed by atoms with Gasteiger partial charge in [0.1, 0.15) is 16.5 Å². The summed E-state index contributed by atoms with van der Waals surface area (Å²) in [5.74, 6) is 0.867. The number of carboxylic acid groups (broad SMARTS) is 1. The molecule has 3 heterocycles. The van der Waals surface area contributed by atoms with Gasteiger partial charge in [-0.3, -0.25) is 4.79 Å². The van der Waals surface area contributed by atoms with E-state index in [2.05, 4.69) is 30.0 Å². The van der Waals surface area contributed by atoms with Crippen molar-refractivity contribution in [3.05, 3.63) is 52.7 Å². The summed E-state index contributed by atoms with van der Waals surface area (Å²) in [6.07, 6.45) is 3.02. The highest BCUT2D eigenvalue weighted by molar-refractivity contribution is 7.18. The highest BCUT2D eigenvalue weighted by atomic mass is 32.1. The number of piperidine rings is 1. The largest absolute Gasteiger partial charge is 0.481 e. The highest BCUT2D eigenvalue weighted by Gasteiger charge is 2.27. The van der Waals surface area contributed by atoms with E-state index >= 15 is 0 Å². The van der Waals surface area contributed by atoms with E-state index in [1.165, 1.54) is 10.4 Å². The fourth-order valence-electron chi connectivity index (χ4n) is 3.61. The molecule has 5 nitrogen and oxygen atoms in total. The van der Waals surface area contributed by atoms with Gasteiger partial charge in [0, 0.05) is 24.4 Å². The van der Waals surface area contributed by atoms with Crippen LogP contribution in [0.3, 0.4) is 0 Å². The second-order valence-electron chi connectivity index (χ2n) is 7.01. The molecule has 0 saturated carbocycles. The van der Waals surface area contributed by atoms with Crippen LogP contribution in [0.25, 0.3) is 10.2 Å². The first kappa shape index (κ1) is 17.9. The van der Waals surface area contributed by atoms with Crippen molar-refractivity contribution in [1.29, 1.82) is 0 Å². The van der Waals surface area contributed by atoms with Crippen LogP contribution in [0.1, 0.15) is 36.0 Å². The first-order chi connectivity index (χ1) is 13.1. The van der Waals surface area contributed by atoms with Crippen LogP contribution in [0.5, 0.6) is 0 Å². The molecule has 1 N–H and O–H groups in total. The predicted molar refractivity (Wildman–Crippen MR) is 109 cm³/mol. The molecular weight excluding hydrogens is 358 g/mol. The third-order valence-corrected chi connectivity index (χ3v) is 6.34. The number of hydrogen-bond donors (Lipinski definition) is 1. The van der Waals surface area contributed by atoms with Gasteiger partial charge >= 0.3 is 5.97 Å². The Kier molecular flexibility index (Phi) is 5.07. The first-order valence-electron chi connectivity index (χ1n) is 9.45. The molecule has 1 aliphatic rings. The zero-order valence-electron chi connectivity index (χ0n) is 15.4. The topological polar surface area (TPSA) is 66.3 Å². The Bertz CT molecular complexity index is 947. The lowest BCUT2D eigenvalue weighted by molar-refractivity contribution is -0.142.